The van der Waals surface area contributed by atoms with Crippen LogP contribution in [0.15, 0.2) is 61.2 Å². The first-order chi connectivity index (χ1) is 14.2. The molecule has 4 rings (SSSR count). The number of aromatic nitrogens is 3. The molecular formula is C17H9BrCl2N4O5S. The van der Waals surface area contributed by atoms with Crippen LogP contribution in [0.5, 0.6) is 11.6 Å². The molecule has 0 fully saturated rings. The molecule has 0 saturated heterocycles. The summed E-state index contributed by atoms with van der Waals surface area (Å²) in [5.41, 5.74) is 0.338. The minimum atomic E-state index is -4.17. The number of aromatic amines is 1. The van der Waals surface area contributed by atoms with E-state index in [0.29, 0.717) is 0 Å². The van der Waals surface area contributed by atoms with Gasteiger partial charge in [0, 0.05) is 16.7 Å². The average molecular weight is 532 g/mol. The Morgan fingerprint density at radius 3 is 2.70 bits per heavy atom. The topological polar surface area (TPSA) is 127 Å². The Balaban J connectivity index is 1.66. The Hall–Kier alpha value is -2.60. The average Bonchev–Trinajstić information content (AvgIpc) is 3.05. The Morgan fingerprint density at radius 1 is 1.20 bits per heavy atom. The van der Waals surface area contributed by atoms with Gasteiger partial charge in [0.05, 0.1) is 16.2 Å². The van der Waals surface area contributed by atoms with Crippen LogP contribution in [0.2, 0.25) is 10.0 Å². The predicted molar refractivity (Wildman–Crippen MR) is 114 cm³/mol. The van der Waals surface area contributed by atoms with E-state index in [0.717, 1.165) is 0 Å². The van der Waals surface area contributed by atoms with Gasteiger partial charge in [-0.1, -0.05) is 23.2 Å². The van der Waals surface area contributed by atoms with Gasteiger partial charge in [0.15, 0.2) is 5.58 Å². The highest BCUT2D eigenvalue weighted by atomic mass is 79.9. The molecule has 0 unspecified atom stereocenters. The van der Waals surface area contributed by atoms with Crippen LogP contribution in [-0.2, 0) is 10.0 Å². The molecule has 30 heavy (non-hydrogen) atoms. The number of nitrogens with one attached hydrogen (secondary N) is 2. The molecule has 0 aliphatic heterocycles. The number of hydrogen-bond donors (Lipinski definition) is 2. The maximum Gasteiger partial charge on any atom is 0.417 e. The number of ether oxygens (including phenoxy) is 1. The van der Waals surface area contributed by atoms with Gasteiger partial charge in [0.2, 0.25) is 5.88 Å². The summed E-state index contributed by atoms with van der Waals surface area (Å²) in [7, 11) is -4.17. The number of hydrogen-bond acceptors (Lipinski definition) is 7. The first-order valence-corrected chi connectivity index (χ1v) is 11.1. The standard InChI is InChI=1S/C17H9BrCl2N4O5S/c18-9-7-11-15(29-17(25)22-11)14(20)16(9)30(26,27)24-8-3-4-12(10(19)6-8)28-13-2-1-5-21-23-13/h1-7,24H,(H,22,25). The summed E-state index contributed by atoms with van der Waals surface area (Å²) in [6.07, 6.45) is 1.49. The summed E-state index contributed by atoms with van der Waals surface area (Å²) in [5, 5.41) is 7.37. The van der Waals surface area contributed by atoms with Gasteiger partial charge < -0.3 is 9.15 Å². The van der Waals surface area contributed by atoms with Crippen molar-refractivity contribution >= 4 is 65.9 Å². The van der Waals surface area contributed by atoms with E-state index in [4.69, 9.17) is 32.4 Å². The Bertz CT molecular complexity index is 1420. The lowest BCUT2D eigenvalue weighted by Crippen LogP contribution is -2.14. The van der Waals surface area contributed by atoms with Gasteiger partial charge in [-0.05, 0) is 46.3 Å². The maximum absolute atomic E-state index is 12.9. The summed E-state index contributed by atoms with van der Waals surface area (Å²) >= 11 is 15.6. The van der Waals surface area contributed by atoms with E-state index in [-0.39, 0.29) is 47.8 Å². The highest BCUT2D eigenvalue weighted by Gasteiger charge is 2.26. The number of nitrogens with zero attached hydrogens (tertiary/aromatic N) is 2. The molecule has 0 aliphatic carbocycles. The Morgan fingerprint density at radius 2 is 2.00 bits per heavy atom. The quantitative estimate of drug-likeness (QED) is 0.386. The number of oxazole rings is 1. The molecule has 0 spiro atoms. The van der Waals surface area contributed by atoms with Crippen molar-refractivity contribution in [2.45, 2.75) is 4.90 Å². The van der Waals surface area contributed by atoms with Crippen LogP contribution in [0.25, 0.3) is 11.1 Å². The fraction of sp³-hybridized carbons (Fsp3) is 0. The zero-order valence-corrected chi connectivity index (χ0v) is 18.4. The minimum Gasteiger partial charge on any atom is -0.436 e. The van der Waals surface area contributed by atoms with Gasteiger partial charge in [0.1, 0.15) is 15.7 Å². The highest BCUT2D eigenvalue weighted by molar-refractivity contribution is 9.10. The molecule has 154 valence electrons. The molecule has 13 heteroatoms. The first-order valence-electron chi connectivity index (χ1n) is 8.03. The van der Waals surface area contributed by atoms with Crippen LogP contribution in [-0.4, -0.2) is 23.6 Å². The van der Waals surface area contributed by atoms with Crippen molar-refractivity contribution in [1.29, 1.82) is 0 Å². The third-order valence-corrected chi connectivity index (χ3v) is 6.90. The smallest absolute Gasteiger partial charge is 0.417 e. The lowest BCUT2D eigenvalue weighted by Gasteiger charge is -2.13. The predicted octanol–water partition coefficient (Wildman–Crippen LogP) is 4.57. The molecule has 2 N–H and O–H groups in total. The number of benzene rings is 2. The molecule has 2 aromatic carbocycles. The summed E-state index contributed by atoms with van der Waals surface area (Å²) in [4.78, 5) is 13.5. The molecule has 0 amide bonds. The summed E-state index contributed by atoms with van der Waals surface area (Å²) < 4.78 is 38.8. The van der Waals surface area contributed by atoms with Crippen LogP contribution in [0, 0.1) is 0 Å². The van der Waals surface area contributed by atoms with E-state index in [1.54, 1.807) is 12.1 Å². The largest absolute Gasteiger partial charge is 0.436 e. The normalized spacial score (nSPS) is 11.6. The number of anilines is 1. The monoisotopic (exact) mass is 530 g/mol. The number of halogens is 3. The SMILES string of the molecule is O=c1[nH]c2cc(Br)c(S(=O)(=O)Nc3ccc(Oc4cccnn4)c(Cl)c3)c(Cl)c2o1. The number of rotatable bonds is 5. The van der Waals surface area contributed by atoms with E-state index in [1.165, 1.54) is 30.5 Å². The van der Waals surface area contributed by atoms with E-state index >= 15 is 0 Å². The van der Waals surface area contributed by atoms with Crippen LogP contribution in [0.4, 0.5) is 5.69 Å². The van der Waals surface area contributed by atoms with Gasteiger partial charge in [-0.3, -0.25) is 9.71 Å². The third kappa shape index (κ3) is 4.01. The number of fused-ring (bicyclic) bond motifs is 1. The van der Waals surface area contributed by atoms with Gasteiger partial charge in [-0.15, -0.1) is 5.10 Å². The van der Waals surface area contributed by atoms with Crippen LogP contribution in [0.1, 0.15) is 0 Å². The second-order valence-electron chi connectivity index (χ2n) is 5.81. The zero-order chi connectivity index (χ0) is 21.5. The molecule has 4 aromatic rings. The zero-order valence-electron chi connectivity index (χ0n) is 14.5. The van der Waals surface area contributed by atoms with Crippen molar-refractivity contribution in [3.05, 3.63) is 67.7 Å². The lowest BCUT2D eigenvalue weighted by molar-refractivity contribution is 0.455. The molecule has 0 atom stereocenters. The molecule has 9 nitrogen and oxygen atoms in total. The lowest BCUT2D eigenvalue weighted by atomic mass is 10.3. The molecule has 2 heterocycles. The van der Waals surface area contributed by atoms with Gasteiger partial charge in [-0.2, -0.15) is 5.10 Å². The molecule has 0 radical (unpaired) electrons. The fourth-order valence-corrected chi connectivity index (χ4v) is 5.69. The minimum absolute atomic E-state index is 0.0732. The number of sulfonamides is 1. The van der Waals surface area contributed by atoms with Crippen molar-refractivity contribution in [1.82, 2.24) is 15.2 Å². The Labute approximate surface area is 187 Å². The van der Waals surface area contributed by atoms with E-state index in [9.17, 15) is 13.2 Å². The molecular weight excluding hydrogens is 523 g/mol. The van der Waals surface area contributed by atoms with Crippen molar-refractivity contribution in [2.75, 3.05) is 4.72 Å². The van der Waals surface area contributed by atoms with E-state index < -0.39 is 15.8 Å². The summed E-state index contributed by atoms with van der Waals surface area (Å²) in [6.45, 7) is 0. The third-order valence-electron chi connectivity index (χ3n) is 3.78. The molecule has 0 saturated carbocycles. The van der Waals surface area contributed by atoms with Crippen LogP contribution < -0.4 is 15.2 Å². The van der Waals surface area contributed by atoms with Crippen LogP contribution in [0.3, 0.4) is 0 Å². The van der Waals surface area contributed by atoms with Crippen molar-refractivity contribution in [2.24, 2.45) is 0 Å². The van der Waals surface area contributed by atoms with Gasteiger partial charge in [-0.25, -0.2) is 13.2 Å². The maximum atomic E-state index is 12.9. The van der Waals surface area contributed by atoms with Gasteiger partial charge in [0.25, 0.3) is 10.0 Å². The van der Waals surface area contributed by atoms with E-state index in [2.05, 4.69) is 35.8 Å². The van der Waals surface area contributed by atoms with E-state index in [1.807, 2.05) is 0 Å². The Kier molecular flexibility index (Phi) is 5.45. The second-order valence-corrected chi connectivity index (χ2v) is 9.07. The summed E-state index contributed by atoms with van der Waals surface area (Å²) in [5.74, 6) is -0.272. The van der Waals surface area contributed by atoms with Crippen molar-refractivity contribution in [3.63, 3.8) is 0 Å². The van der Waals surface area contributed by atoms with Gasteiger partial charge >= 0.3 is 5.76 Å². The first kappa shape index (κ1) is 20.7. The molecule has 2 aromatic heterocycles. The van der Waals surface area contributed by atoms with Crippen molar-refractivity contribution in [3.8, 4) is 11.6 Å². The highest BCUT2D eigenvalue weighted by Crippen LogP contribution is 2.37. The molecule has 0 bridgehead atoms. The number of H-pyrrole nitrogens is 1. The fourth-order valence-electron chi connectivity index (χ4n) is 2.56. The molecule has 0 aliphatic rings. The van der Waals surface area contributed by atoms with Crippen molar-refractivity contribution < 1.29 is 17.6 Å². The summed E-state index contributed by atoms with van der Waals surface area (Å²) in [6, 6.07) is 8.90. The second kappa shape index (κ2) is 7.91. The van der Waals surface area contributed by atoms with Crippen LogP contribution >= 0.6 is 39.1 Å².